The Morgan fingerprint density at radius 2 is 1.73 bits per heavy atom. The van der Waals surface area contributed by atoms with Crippen LogP contribution in [0.2, 0.25) is 0 Å². The van der Waals surface area contributed by atoms with Crippen molar-refractivity contribution in [1.29, 1.82) is 0 Å². The van der Waals surface area contributed by atoms with Gasteiger partial charge in [0, 0.05) is 7.05 Å². The molecule has 1 heterocycles. The van der Waals surface area contributed by atoms with Gasteiger partial charge in [-0.15, -0.1) is 10.2 Å². The van der Waals surface area contributed by atoms with E-state index in [9.17, 15) is 13.6 Å². The van der Waals surface area contributed by atoms with Gasteiger partial charge in [-0.05, 0) is 31.2 Å². The van der Waals surface area contributed by atoms with Crippen LogP contribution in [-0.4, -0.2) is 25.9 Å². The summed E-state index contributed by atoms with van der Waals surface area (Å²) in [7, 11) is 1.70. The summed E-state index contributed by atoms with van der Waals surface area (Å²) < 4.78 is 29.2. The number of carbonyl (C=O) groups excluding carboxylic acids is 1. The highest BCUT2D eigenvalue weighted by Gasteiger charge is 2.21. The minimum absolute atomic E-state index is 0.120. The Morgan fingerprint density at radius 3 is 2.42 bits per heavy atom. The highest BCUT2D eigenvalue weighted by atomic mass is 32.2. The Labute approximate surface area is 153 Å². The van der Waals surface area contributed by atoms with Crippen LogP contribution in [-0.2, 0) is 11.8 Å². The number of carbonyl (C=O) groups is 1. The van der Waals surface area contributed by atoms with Crippen molar-refractivity contribution in [3.05, 3.63) is 60.2 Å². The Kier molecular flexibility index (Phi) is 5.32. The number of benzene rings is 2. The van der Waals surface area contributed by atoms with E-state index in [4.69, 9.17) is 0 Å². The number of hydrogen-bond acceptors (Lipinski definition) is 4. The lowest BCUT2D eigenvalue weighted by atomic mass is 10.2. The lowest BCUT2D eigenvalue weighted by molar-refractivity contribution is -0.115. The molecular weight excluding hydrogens is 358 g/mol. The summed E-state index contributed by atoms with van der Waals surface area (Å²) in [5.74, 6) is -0.897. The van der Waals surface area contributed by atoms with Crippen LogP contribution in [0.1, 0.15) is 6.92 Å². The molecule has 1 aromatic heterocycles. The van der Waals surface area contributed by atoms with Crippen LogP contribution in [0.4, 0.5) is 14.5 Å². The van der Waals surface area contributed by atoms with Crippen LogP contribution in [0.3, 0.4) is 0 Å². The highest BCUT2D eigenvalue weighted by Crippen LogP contribution is 2.27. The Bertz CT molecular complexity index is 944. The summed E-state index contributed by atoms with van der Waals surface area (Å²) in [6.45, 7) is 1.68. The maximum absolute atomic E-state index is 13.9. The topological polar surface area (TPSA) is 59.8 Å². The second-order valence-electron chi connectivity index (χ2n) is 5.57. The number of hydrogen-bond donors (Lipinski definition) is 1. The average Bonchev–Trinajstić information content (AvgIpc) is 2.98. The summed E-state index contributed by atoms with van der Waals surface area (Å²) in [5.41, 5.74) is 0.452. The molecule has 0 saturated heterocycles. The lowest BCUT2D eigenvalue weighted by Gasteiger charge is -2.12. The predicted octanol–water partition coefficient (Wildman–Crippen LogP) is 3.88. The molecule has 0 unspecified atom stereocenters. The normalized spacial score (nSPS) is 12.0. The van der Waals surface area contributed by atoms with Gasteiger partial charge in [0.1, 0.15) is 11.6 Å². The third-order valence-corrected chi connectivity index (χ3v) is 4.87. The Hall–Kier alpha value is -2.74. The molecule has 3 rings (SSSR count). The van der Waals surface area contributed by atoms with E-state index in [1.54, 1.807) is 48.9 Å². The van der Waals surface area contributed by atoms with Crippen molar-refractivity contribution in [3.8, 4) is 11.4 Å². The van der Waals surface area contributed by atoms with Crippen molar-refractivity contribution in [3.63, 3.8) is 0 Å². The standard InChI is InChI=1S/C18H16F2N4OS/c1-11(17(25)21-15-10-6-5-9-14(15)20)26-18-23-22-16(24(18)2)12-7-3-4-8-13(12)19/h3-11H,1-2H3,(H,21,25)/t11-/m1/s1. The van der Waals surface area contributed by atoms with E-state index in [1.165, 1.54) is 18.2 Å². The number of nitrogens with zero attached hydrogens (tertiary/aromatic N) is 3. The van der Waals surface area contributed by atoms with Gasteiger partial charge in [-0.1, -0.05) is 36.0 Å². The van der Waals surface area contributed by atoms with Crippen LogP contribution in [0.5, 0.6) is 0 Å². The van der Waals surface area contributed by atoms with Gasteiger partial charge in [-0.25, -0.2) is 8.78 Å². The summed E-state index contributed by atoms with van der Waals surface area (Å²) >= 11 is 1.16. The maximum Gasteiger partial charge on any atom is 0.237 e. The molecule has 0 bridgehead atoms. The monoisotopic (exact) mass is 374 g/mol. The van der Waals surface area contributed by atoms with Gasteiger partial charge in [0.2, 0.25) is 5.91 Å². The van der Waals surface area contributed by atoms with Crippen molar-refractivity contribution in [1.82, 2.24) is 14.8 Å². The molecule has 0 aliphatic heterocycles. The van der Waals surface area contributed by atoms with Crippen LogP contribution in [0.15, 0.2) is 53.7 Å². The molecule has 0 spiro atoms. The molecule has 0 fully saturated rings. The molecule has 3 aromatic rings. The van der Waals surface area contributed by atoms with Crippen molar-refractivity contribution in [2.24, 2.45) is 7.05 Å². The third-order valence-electron chi connectivity index (χ3n) is 3.73. The smallest absolute Gasteiger partial charge is 0.237 e. The molecule has 1 amide bonds. The number of nitrogens with one attached hydrogen (secondary N) is 1. The van der Waals surface area contributed by atoms with Gasteiger partial charge in [-0.3, -0.25) is 4.79 Å². The largest absolute Gasteiger partial charge is 0.323 e. The predicted molar refractivity (Wildman–Crippen MR) is 96.7 cm³/mol. The van der Waals surface area contributed by atoms with E-state index in [0.717, 1.165) is 11.8 Å². The fourth-order valence-corrected chi connectivity index (χ4v) is 3.12. The van der Waals surface area contributed by atoms with Gasteiger partial charge >= 0.3 is 0 Å². The van der Waals surface area contributed by atoms with Gasteiger partial charge < -0.3 is 9.88 Å². The SMILES string of the molecule is C[C@@H](Sc1nnc(-c2ccccc2F)n1C)C(=O)Nc1ccccc1F. The summed E-state index contributed by atoms with van der Waals surface area (Å²) in [4.78, 5) is 12.3. The van der Waals surface area contributed by atoms with Gasteiger partial charge in [0.05, 0.1) is 16.5 Å². The second-order valence-corrected chi connectivity index (χ2v) is 6.88. The summed E-state index contributed by atoms with van der Waals surface area (Å²) in [6.07, 6.45) is 0. The van der Waals surface area contributed by atoms with Crippen LogP contribution in [0, 0.1) is 11.6 Å². The van der Waals surface area contributed by atoms with Crippen molar-refractivity contribution >= 4 is 23.4 Å². The first kappa shape index (κ1) is 18.1. The molecule has 0 aliphatic carbocycles. The molecule has 26 heavy (non-hydrogen) atoms. The van der Waals surface area contributed by atoms with E-state index in [-0.39, 0.29) is 11.6 Å². The molecule has 1 atom stereocenters. The van der Waals surface area contributed by atoms with E-state index in [1.807, 2.05) is 0 Å². The van der Waals surface area contributed by atoms with Crippen molar-refractivity contribution in [2.75, 3.05) is 5.32 Å². The molecule has 134 valence electrons. The summed E-state index contributed by atoms with van der Waals surface area (Å²) in [5, 5.41) is 10.5. The second kappa shape index (κ2) is 7.65. The molecule has 1 N–H and O–H groups in total. The Balaban J connectivity index is 1.74. The number of halogens is 2. The first-order valence-electron chi connectivity index (χ1n) is 7.83. The molecule has 0 saturated carbocycles. The van der Waals surface area contributed by atoms with E-state index in [2.05, 4.69) is 15.5 Å². The molecule has 5 nitrogen and oxygen atoms in total. The first-order valence-corrected chi connectivity index (χ1v) is 8.71. The third kappa shape index (κ3) is 3.75. The fraction of sp³-hybridized carbons (Fsp3) is 0.167. The van der Waals surface area contributed by atoms with E-state index < -0.39 is 16.9 Å². The quantitative estimate of drug-likeness (QED) is 0.689. The van der Waals surface area contributed by atoms with Gasteiger partial charge in [0.15, 0.2) is 11.0 Å². The lowest BCUT2D eigenvalue weighted by Crippen LogP contribution is -2.23. The first-order chi connectivity index (χ1) is 12.5. The maximum atomic E-state index is 13.9. The fourth-order valence-electron chi connectivity index (χ4n) is 2.30. The minimum Gasteiger partial charge on any atom is -0.323 e. The van der Waals surface area contributed by atoms with Crippen LogP contribution < -0.4 is 5.32 Å². The van der Waals surface area contributed by atoms with E-state index in [0.29, 0.717) is 16.5 Å². The van der Waals surface area contributed by atoms with E-state index >= 15 is 0 Å². The number of aromatic nitrogens is 3. The van der Waals surface area contributed by atoms with Gasteiger partial charge in [0.25, 0.3) is 0 Å². The molecule has 0 radical (unpaired) electrons. The minimum atomic E-state index is -0.550. The highest BCUT2D eigenvalue weighted by molar-refractivity contribution is 8.00. The average molecular weight is 374 g/mol. The zero-order valence-corrected chi connectivity index (χ0v) is 14.9. The number of rotatable bonds is 5. The number of amides is 1. The van der Waals surface area contributed by atoms with Crippen LogP contribution >= 0.6 is 11.8 Å². The zero-order chi connectivity index (χ0) is 18.7. The molecule has 0 aliphatic rings. The van der Waals surface area contributed by atoms with Crippen molar-refractivity contribution in [2.45, 2.75) is 17.3 Å². The number of anilines is 1. The summed E-state index contributed by atoms with van der Waals surface area (Å²) in [6, 6.07) is 12.2. The molecule has 2 aromatic carbocycles. The molecule has 8 heteroatoms. The van der Waals surface area contributed by atoms with Crippen molar-refractivity contribution < 1.29 is 13.6 Å². The van der Waals surface area contributed by atoms with Gasteiger partial charge in [-0.2, -0.15) is 0 Å². The number of para-hydroxylation sites is 1. The molecular formula is C18H16F2N4OS. The Morgan fingerprint density at radius 1 is 1.08 bits per heavy atom. The number of thioether (sulfide) groups is 1. The van der Waals surface area contributed by atoms with Crippen LogP contribution in [0.25, 0.3) is 11.4 Å². The zero-order valence-electron chi connectivity index (χ0n) is 14.1.